The molecule has 4 heteroatoms. The van der Waals surface area contributed by atoms with Gasteiger partial charge in [-0.15, -0.1) is 0 Å². The molecule has 0 aromatic heterocycles. The van der Waals surface area contributed by atoms with Crippen molar-refractivity contribution in [3.05, 3.63) is 34.9 Å². The van der Waals surface area contributed by atoms with Crippen LogP contribution in [0.5, 0.6) is 0 Å². The first-order valence-corrected chi connectivity index (χ1v) is 7.66. The van der Waals surface area contributed by atoms with Gasteiger partial charge in [-0.2, -0.15) is 0 Å². The summed E-state index contributed by atoms with van der Waals surface area (Å²) < 4.78 is 5.44. The summed E-state index contributed by atoms with van der Waals surface area (Å²) in [6.07, 6.45) is 1.15. The number of rotatable bonds is 4. The first-order chi connectivity index (χ1) is 10.1. The average Bonchev–Trinajstić information content (AvgIpc) is 2.94. The van der Waals surface area contributed by atoms with Crippen molar-refractivity contribution in [2.45, 2.75) is 26.8 Å². The molecular formula is C17H27N3O. The van der Waals surface area contributed by atoms with E-state index in [1.165, 1.54) is 16.7 Å². The van der Waals surface area contributed by atoms with Gasteiger partial charge in [-0.25, -0.2) is 0 Å². The Morgan fingerprint density at radius 1 is 1.43 bits per heavy atom. The minimum absolute atomic E-state index is 0.620. The van der Waals surface area contributed by atoms with Crippen LogP contribution in [0.15, 0.2) is 23.2 Å². The summed E-state index contributed by atoms with van der Waals surface area (Å²) in [5, 5.41) is 3.45. The molecule has 1 aliphatic heterocycles. The number of hydrogen-bond acceptors (Lipinski definition) is 2. The van der Waals surface area contributed by atoms with Crippen LogP contribution >= 0.6 is 0 Å². The predicted molar refractivity (Wildman–Crippen MR) is 87.7 cm³/mol. The smallest absolute Gasteiger partial charge is 0.193 e. The molecule has 21 heavy (non-hydrogen) atoms. The Hall–Kier alpha value is -1.55. The van der Waals surface area contributed by atoms with E-state index in [4.69, 9.17) is 4.74 Å². The summed E-state index contributed by atoms with van der Waals surface area (Å²) in [5.74, 6) is 1.57. The van der Waals surface area contributed by atoms with Gasteiger partial charge >= 0.3 is 0 Å². The van der Waals surface area contributed by atoms with Gasteiger partial charge in [0.05, 0.1) is 6.61 Å². The standard InChI is InChI=1S/C17H27N3O/c1-13-5-6-16(14(2)9-13)10-19-17(18-3)20(4)11-15-7-8-21-12-15/h5-6,9,15H,7-8,10-12H2,1-4H3,(H,18,19). The third kappa shape index (κ3) is 4.46. The molecular weight excluding hydrogens is 262 g/mol. The number of aryl methyl sites for hydroxylation is 2. The molecule has 1 heterocycles. The lowest BCUT2D eigenvalue weighted by atomic mass is 10.1. The molecule has 1 saturated heterocycles. The van der Waals surface area contributed by atoms with Crippen molar-refractivity contribution in [2.75, 3.05) is 33.9 Å². The van der Waals surface area contributed by atoms with Gasteiger partial charge in [-0.1, -0.05) is 23.8 Å². The largest absolute Gasteiger partial charge is 0.381 e. The highest BCUT2D eigenvalue weighted by molar-refractivity contribution is 5.79. The Bertz CT molecular complexity index is 493. The third-order valence-corrected chi connectivity index (χ3v) is 4.06. The van der Waals surface area contributed by atoms with Gasteiger partial charge in [0.25, 0.3) is 0 Å². The second kappa shape index (κ2) is 7.46. The number of aliphatic imine (C=N–C) groups is 1. The normalized spacial score (nSPS) is 18.9. The summed E-state index contributed by atoms with van der Waals surface area (Å²) in [7, 11) is 3.93. The summed E-state index contributed by atoms with van der Waals surface area (Å²) >= 11 is 0. The van der Waals surface area contributed by atoms with Crippen molar-refractivity contribution in [1.82, 2.24) is 10.2 Å². The van der Waals surface area contributed by atoms with Crippen LogP contribution in [0.3, 0.4) is 0 Å². The molecule has 0 radical (unpaired) electrons. The maximum atomic E-state index is 5.44. The number of nitrogens with zero attached hydrogens (tertiary/aromatic N) is 2. The quantitative estimate of drug-likeness (QED) is 0.683. The van der Waals surface area contributed by atoms with E-state index in [9.17, 15) is 0 Å². The minimum atomic E-state index is 0.620. The summed E-state index contributed by atoms with van der Waals surface area (Å²) in [6, 6.07) is 6.57. The Morgan fingerprint density at radius 3 is 2.86 bits per heavy atom. The number of ether oxygens (including phenoxy) is 1. The molecule has 1 aliphatic rings. The van der Waals surface area contributed by atoms with Crippen molar-refractivity contribution in [3.63, 3.8) is 0 Å². The number of nitrogens with one attached hydrogen (secondary N) is 1. The van der Waals surface area contributed by atoms with E-state index in [0.29, 0.717) is 5.92 Å². The van der Waals surface area contributed by atoms with E-state index in [1.807, 2.05) is 7.05 Å². The Morgan fingerprint density at radius 2 is 2.24 bits per heavy atom. The zero-order chi connectivity index (χ0) is 15.2. The fourth-order valence-corrected chi connectivity index (χ4v) is 2.80. The van der Waals surface area contributed by atoms with Crippen molar-refractivity contribution in [3.8, 4) is 0 Å². The number of benzene rings is 1. The summed E-state index contributed by atoms with van der Waals surface area (Å²) in [5.41, 5.74) is 3.95. The molecule has 0 amide bonds. The molecule has 0 aliphatic carbocycles. The van der Waals surface area contributed by atoms with Crippen LogP contribution in [0, 0.1) is 19.8 Å². The maximum absolute atomic E-state index is 5.44. The van der Waals surface area contributed by atoms with E-state index in [0.717, 1.165) is 38.7 Å². The first-order valence-electron chi connectivity index (χ1n) is 7.66. The summed E-state index contributed by atoms with van der Waals surface area (Å²) in [6.45, 7) is 7.86. The van der Waals surface area contributed by atoms with E-state index < -0.39 is 0 Å². The highest BCUT2D eigenvalue weighted by Gasteiger charge is 2.19. The molecule has 1 fully saturated rings. The molecule has 2 rings (SSSR count). The van der Waals surface area contributed by atoms with E-state index >= 15 is 0 Å². The molecule has 0 saturated carbocycles. The van der Waals surface area contributed by atoms with E-state index in [-0.39, 0.29) is 0 Å². The molecule has 4 nitrogen and oxygen atoms in total. The first kappa shape index (κ1) is 15.8. The second-order valence-electron chi connectivity index (χ2n) is 5.94. The lowest BCUT2D eigenvalue weighted by Crippen LogP contribution is -2.41. The molecule has 1 atom stereocenters. The highest BCUT2D eigenvalue weighted by atomic mass is 16.5. The van der Waals surface area contributed by atoms with Gasteiger partial charge in [-0.3, -0.25) is 4.99 Å². The van der Waals surface area contributed by atoms with E-state index in [1.54, 1.807) is 0 Å². The lowest BCUT2D eigenvalue weighted by molar-refractivity contribution is 0.181. The van der Waals surface area contributed by atoms with Gasteiger partial charge in [0, 0.05) is 39.7 Å². The molecule has 1 N–H and O–H groups in total. The second-order valence-corrected chi connectivity index (χ2v) is 5.94. The fourth-order valence-electron chi connectivity index (χ4n) is 2.80. The summed E-state index contributed by atoms with van der Waals surface area (Å²) in [4.78, 5) is 6.58. The lowest BCUT2D eigenvalue weighted by Gasteiger charge is -2.24. The Kier molecular flexibility index (Phi) is 5.62. The SMILES string of the molecule is CN=C(NCc1ccc(C)cc1C)N(C)CC1CCOC1. The van der Waals surface area contributed by atoms with Crippen LogP contribution in [-0.4, -0.2) is 44.7 Å². The number of guanidine groups is 1. The van der Waals surface area contributed by atoms with Gasteiger partial charge in [0.1, 0.15) is 0 Å². The van der Waals surface area contributed by atoms with Crippen LogP contribution < -0.4 is 5.32 Å². The molecule has 1 unspecified atom stereocenters. The molecule has 0 spiro atoms. The van der Waals surface area contributed by atoms with Crippen LogP contribution in [0.4, 0.5) is 0 Å². The zero-order valence-electron chi connectivity index (χ0n) is 13.6. The van der Waals surface area contributed by atoms with Crippen LogP contribution in [0.25, 0.3) is 0 Å². The minimum Gasteiger partial charge on any atom is -0.381 e. The Labute approximate surface area is 128 Å². The monoisotopic (exact) mass is 289 g/mol. The van der Waals surface area contributed by atoms with Crippen LogP contribution in [-0.2, 0) is 11.3 Å². The molecule has 0 bridgehead atoms. The van der Waals surface area contributed by atoms with Gasteiger partial charge in [0.15, 0.2) is 5.96 Å². The van der Waals surface area contributed by atoms with E-state index in [2.05, 4.69) is 54.3 Å². The fraction of sp³-hybridized carbons (Fsp3) is 0.588. The predicted octanol–water partition coefficient (Wildman–Crippen LogP) is 2.35. The zero-order valence-corrected chi connectivity index (χ0v) is 13.6. The van der Waals surface area contributed by atoms with Crippen molar-refractivity contribution >= 4 is 5.96 Å². The Balaban J connectivity index is 1.89. The third-order valence-electron chi connectivity index (χ3n) is 4.06. The van der Waals surface area contributed by atoms with Crippen molar-refractivity contribution in [2.24, 2.45) is 10.9 Å². The van der Waals surface area contributed by atoms with Gasteiger partial charge in [-0.05, 0) is 31.4 Å². The van der Waals surface area contributed by atoms with Crippen molar-refractivity contribution < 1.29 is 4.74 Å². The molecule has 116 valence electrons. The topological polar surface area (TPSA) is 36.9 Å². The van der Waals surface area contributed by atoms with Crippen LogP contribution in [0.2, 0.25) is 0 Å². The number of hydrogen-bond donors (Lipinski definition) is 1. The highest BCUT2D eigenvalue weighted by Crippen LogP contribution is 2.14. The average molecular weight is 289 g/mol. The maximum Gasteiger partial charge on any atom is 0.193 e. The van der Waals surface area contributed by atoms with Crippen molar-refractivity contribution in [1.29, 1.82) is 0 Å². The van der Waals surface area contributed by atoms with Crippen LogP contribution in [0.1, 0.15) is 23.1 Å². The molecule has 1 aromatic rings. The molecule has 1 aromatic carbocycles. The van der Waals surface area contributed by atoms with Gasteiger partial charge in [0.2, 0.25) is 0 Å². The van der Waals surface area contributed by atoms with Gasteiger partial charge < -0.3 is 15.0 Å².